The first-order chi connectivity index (χ1) is 48.7. The van der Waals surface area contributed by atoms with Gasteiger partial charge in [-0.1, -0.05) is 218 Å². The molecule has 0 aliphatic heterocycles. The van der Waals surface area contributed by atoms with Crippen LogP contribution < -0.4 is 18.9 Å². The molecule has 0 atom stereocenters. The first-order valence-corrected chi connectivity index (χ1v) is 41.2. The summed E-state index contributed by atoms with van der Waals surface area (Å²) in [4.78, 5) is 4.98. The van der Waals surface area contributed by atoms with E-state index in [0.29, 0.717) is 26.4 Å². The van der Waals surface area contributed by atoms with Gasteiger partial charge in [0.05, 0.1) is 39.3 Å². The lowest BCUT2D eigenvalue weighted by atomic mass is 9.70. The van der Waals surface area contributed by atoms with E-state index in [-0.39, 0.29) is 10.8 Å². The van der Waals surface area contributed by atoms with Crippen LogP contribution in [0.25, 0.3) is 55.6 Å². The highest BCUT2D eigenvalue weighted by molar-refractivity contribution is 5.90. The Hall–Kier alpha value is -5.64. The fraction of sp³-hybridized carbons (Fsp3) is 0.609. The van der Waals surface area contributed by atoms with Crippen LogP contribution in [-0.2, 0) is 10.8 Å². The van der Waals surface area contributed by atoms with E-state index in [1.165, 1.54) is 177 Å². The summed E-state index contributed by atoms with van der Waals surface area (Å²) < 4.78 is 30.9. The number of quaternary nitrogens is 2. The predicted octanol–water partition coefficient (Wildman–Crippen LogP) is 23.7. The molecule has 8 nitrogen and oxygen atoms in total. The first kappa shape index (κ1) is 80.1. The zero-order chi connectivity index (χ0) is 71.7. The van der Waals surface area contributed by atoms with Crippen molar-refractivity contribution in [2.24, 2.45) is 0 Å². The molecule has 6 aromatic carbocycles. The van der Waals surface area contributed by atoms with Crippen LogP contribution in [0.1, 0.15) is 259 Å². The Bertz CT molecular complexity index is 3420. The Morgan fingerprint density at radius 3 is 0.930 bits per heavy atom. The molecule has 0 spiro atoms. The van der Waals surface area contributed by atoms with Crippen molar-refractivity contribution in [2.45, 2.75) is 250 Å². The van der Waals surface area contributed by atoms with Crippen LogP contribution in [0.4, 0.5) is 0 Å². The second-order valence-corrected chi connectivity index (χ2v) is 30.2. The predicted molar refractivity (Wildman–Crippen MR) is 431 cm³/mol. The molecule has 0 amide bonds. The number of hydrogen-bond donors (Lipinski definition) is 0. The van der Waals surface area contributed by atoms with Crippen LogP contribution in [0.5, 0.6) is 23.0 Å². The van der Waals surface area contributed by atoms with E-state index >= 15 is 0 Å². The van der Waals surface area contributed by atoms with Crippen molar-refractivity contribution < 1.29 is 27.9 Å². The van der Waals surface area contributed by atoms with Gasteiger partial charge in [0.2, 0.25) is 0 Å². The van der Waals surface area contributed by atoms with Crippen LogP contribution in [0.3, 0.4) is 0 Å². The fourth-order valence-electron chi connectivity index (χ4n) is 17.4. The van der Waals surface area contributed by atoms with E-state index in [1.54, 1.807) is 5.56 Å². The summed E-state index contributed by atoms with van der Waals surface area (Å²) in [6.45, 7) is 53.8. The molecule has 0 saturated heterocycles. The highest BCUT2D eigenvalue weighted by Gasteiger charge is 2.45. The Morgan fingerprint density at radius 2 is 0.600 bits per heavy atom. The van der Waals surface area contributed by atoms with Gasteiger partial charge in [0, 0.05) is 40.6 Å². The summed E-state index contributed by atoms with van der Waals surface area (Å²) in [5, 5.41) is 0. The zero-order valence-corrected chi connectivity index (χ0v) is 66.5. The minimum Gasteiger partial charge on any atom is -0.492 e. The number of likely N-dealkylation sites (N-methyl/N-ethyl adjacent to an activating group) is 4. The highest BCUT2D eigenvalue weighted by atomic mass is 16.5. The molecule has 100 heavy (non-hydrogen) atoms. The van der Waals surface area contributed by atoms with E-state index in [4.69, 9.17) is 18.9 Å². The highest BCUT2D eigenvalue weighted by Crippen LogP contribution is 2.59. The van der Waals surface area contributed by atoms with Gasteiger partial charge in [-0.2, -0.15) is 0 Å². The number of nitrogens with zero attached hydrogens (tertiary/aromatic N) is 4. The van der Waals surface area contributed by atoms with Gasteiger partial charge in [-0.25, -0.2) is 0 Å². The lowest BCUT2D eigenvalue weighted by molar-refractivity contribution is -0.923. The second kappa shape index (κ2) is 39.3. The number of fused-ring (bicyclic) bond motifs is 6. The molecular formula is C92H140N4O4+2. The summed E-state index contributed by atoms with van der Waals surface area (Å²) in [5.41, 5.74) is 20.8. The SMILES string of the molecule is CCCCCCC1(CCCCCC)c2cc(C)ccc2-c2ccc(-c3cc(OCCN(CC)CC)c(-c4ccc5c(c4)C(CCCCCC)(CCCCCC)c4cc(-c6cc(OCC[N+](CC)(CC)CC)c(C)cc6OCC[N+](CC)(CC)CC)ccc4-5)cc3OCCN(CC)CC)cc21. The maximum Gasteiger partial charge on any atom is 0.137 e. The third-order valence-corrected chi connectivity index (χ3v) is 24.8. The normalized spacial score (nSPS) is 13.7. The smallest absolute Gasteiger partial charge is 0.137 e. The largest absolute Gasteiger partial charge is 0.492 e. The fourth-order valence-corrected chi connectivity index (χ4v) is 17.4. The number of unbranched alkanes of at least 4 members (excludes halogenated alkanes) is 12. The zero-order valence-electron chi connectivity index (χ0n) is 66.5. The van der Waals surface area contributed by atoms with Crippen LogP contribution in [-0.4, -0.2) is 137 Å². The van der Waals surface area contributed by atoms with Crippen LogP contribution in [0.15, 0.2) is 97.1 Å². The number of rotatable bonds is 49. The van der Waals surface area contributed by atoms with Gasteiger partial charge >= 0.3 is 0 Å². The Labute approximate surface area is 611 Å². The van der Waals surface area contributed by atoms with Crippen molar-refractivity contribution in [1.29, 1.82) is 0 Å². The lowest BCUT2D eigenvalue weighted by Crippen LogP contribution is -2.50. The number of benzene rings is 6. The van der Waals surface area contributed by atoms with E-state index in [1.807, 2.05) is 0 Å². The number of aryl methyl sites for hydroxylation is 2. The van der Waals surface area contributed by atoms with Gasteiger partial charge in [-0.05, 0) is 216 Å². The van der Waals surface area contributed by atoms with Gasteiger partial charge in [-0.3, -0.25) is 0 Å². The minimum absolute atomic E-state index is 0.0501. The van der Waals surface area contributed by atoms with E-state index < -0.39 is 0 Å². The molecule has 0 N–H and O–H groups in total. The van der Waals surface area contributed by atoms with Crippen molar-refractivity contribution in [2.75, 3.05) is 118 Å². The number of ether oxygens (including phenoxy) is 4. The molecule has 0 heterocycles. The summed E-state index contributed by atoms with van der Waals surface area (Å²) in [5.74, 6) is 3.78. The molecular weight excluding hydrogens is 1230 g/mol. The summed E-state index contributed by atoms with van der Waals surface area (Å²) in [6.07, 6.45) is 24.3. The van der Waals surface area contributed by atoms with Gasteiger partial charge in [0.15, 0.2) is 0 Å². The maximum atomic E-state index is 7.37. The van der Waals surface area contributed by atoms with Crippen molar-refractivity contribution >= 4 is 0 Å². The molecule has 8 rings (SSSR count). The van der Waals surface area contributed by atoms with Crippen LogP contribution >= 0.6 is 0 Å². The second-order valence-electron chi connectivity index (χ2n) is 30.2. The van der Waals surface area contributed by atoms with E-state index in [2.05, 4.69) is 218 Å². The molecule has 0 fully saturated rings. The minimum atomic E-state index is -0.210. The monoisotopic (exact) mass is 1370 g/mol. The summed E-state index contributed by atoms with van der Waals surface area (Å²) in [7, 11) is 0. The van der Waals surface area contributed by atoms with Crippen molar-refractivity contribution in [3.63, 3.8) is 0 Å². The maximum absolute atomic E-state index is 7.37. The van der Waals surface area contributed by atoms with E-state index in [9.17, 15) is 0 Å². The van der Waals surface area contributed by atoms with Crippen LogP contribution in [0, 0.1) is 13.8 Å². The molecule has 8 heteroatoms. The first-order valence-electron chi connectivity index (χ1n) is 41.2. The van der Waals surface area contributed by atoms with Gasteiger partial charge in [0.25, 0.3) is 0 Å². The average molecular weight is 1370 g/mol. The lowest BCUT2D eigenvalue weighted by Gasteiger charge is -2.36. The number of hydrogen-bond acceptors (Lipinski definition) is 6. The molecule has 0 bridgehead atoms. The van der Waals surface area contributed by atoms with E-state index in [0.717, 1.165) is 159 Å². The summed E-state index contributed by atoms with van der Waals surface area (Å²) in [6, 6.07) is 39.3. The topological polar surface area (TPSA) is 43.4 Å². The Balaban J connectivity index is 1.34. The third-order valence-electron chi connectivity index (χ3n) is 24.8. The van der Waals surface area contributed by atoms with Crippen molar-refractivity contribution in [3.8, 4) is 78.6 Å². The quantitative estimate of drug-likeness (QED) is 0.0280. The van der Waals surface area contributed by atoms with Gasteiger partial charge in [-0.15, -0.1) is 0 Å². The molecule has 0 saturated carbocycles. The Kier molecular flexibility index (Phi) is 31.5. The van der Waals surface area contributed by atoms with Crippen LogP contribution in [0.2, 0.25) is 0 Å². The molecule has 550 valence electrons. The molecule has 0 aromatic heterocycles. The standard InChI is InChI=1S/C92H140N4O4/c1-17-31-35-39-51-91(52-40-36-32-18-2)83-63-71(15)43-47-76(83)77-48-45-74(66-84(77)91)81-69-90(98-60-56-94(23-7)24-8)82(70-89(81)97-59-55-93(21-5)22-6)75-46-50-79-78-49-44-73(65-85(78)92(86(79)67-75,53-41-37-33-19-3)54-42-38-34-20-4)80-68-87(99-61-57-95(25-9,26-10)27-11)72(16)64-88(80)100-62-58-96(28-12,29-13)30-14/h43-50,63-70H,17-42,51-62H2,1-16H3/q+2. The summed E-state index contributed by atoms with van der Waals surface area (Å²) >= 11 is 0. The van der Waals surface area contributed by atoms with Gasteiger partial charge < -0.3 is 37.7 Å². The molecule has 0 radical (unpaired) electrons. The third kappa shape index (κ3) is 18.8. The average Bonchev–Trinajstić information content (AvgIpc) is 1.56. The Morgan fingerprint density at radius 1 is 0.300 bits per heavy atom. The molecule has 0 unspecified atom stereocenters. The molecule has 2 aliphatic rings. The molecule has 6 aromatic rings. The molecule has 2 aliphatic carbocycles. The van der Waals surface area contributed by atoms with Crippen molar-refractivity contribution in [1.82, 2.24) is 9.80 Å². The van der Waals surface area contributed by atoms with Crippen molar-refractivity contribution in [3.05, 3.63) is 130 Å². The van der Waals surface area contributed by atoms with Gasteiger partial charge in [0.1, 0.15) is 62.5 Å².